The quantitative estimate of drug-likeness (QED) is 0.811. The molecule has 1 fully saturated rings. The van der Waals surface area contributed by atoms with Crippen LogP contribution in [0.25, 0.3) is 0 Å². The molecule has 1 aromatic rings. The molecule has 1 N–H and O–H groups in total. The number of likely N-dealkylation sites (tertiary alicyclic amines) is 1. The highest BCUT2D eigenvalue weighted by Gasteiger charge is 2.31. The lowest BCUT2D eigenvalue weighted by molar-refractivity contribution is -0.132. The number of ether oxygens (including phenoxy) is 2. The van der Waals surface area contributed by atoms with Crippen molar-refractivity contribution in [2.45, 2.75) is 44.0 Å². The van der Waals surface area contributed by atoms with Crippen LogP contribution in [0.1, 0.15) is 33.1 Å². The van der Waals surface area contributed by atoms with Crippen LogP contribution in [-0.4, -0.2) is 51.6 Å². The van der Waals surface area contributed by atoms with Gasteiger partial charge in [-0.3, -0.25) is 4.79 Å². The van der Waals surface area contributed by atoms with Crippen molar-refractivity contribution in [1.29, 1.82) is 0 Å². The number of rotatable bonds is 6. The first-order valence-corrected chi connectivity index (χ1v) is 10.6. The smallest absolute Gasteiger partial charge is 0.241 e. The second-order valence-electron chi connectivity index (χ2n) is 7.14. The molecule has 0 unspecified atom stereocenters. The average molecular weight is 382 g/mol. The number of sulfonamides is 1. The second kappa shape index (κ2) is 7.84. The lowest BCUT2D eigenvalue weighted by atomic mass is 10.0. The fourth-order valence-corrected chi connectivity index (χ4v) is 4.49. The number of amides is 1. The van der Waals surface area contributed by atoms with E-state index in [4.69, 9.17) is 9.47 Å². The lowest BCUT2D eigenvalue weighted by Gasteiger charge is -2.25. The number of nitrogens with one attached hydrogen (secondary N) is 1. The molecular formula is C18H26N2O5S. The summed E-state index contributed by atoms with van der Waals surface area (Å²) >= 11 is 0. The van der Waals surface area contributed by atoms with Crippen LogP contribution in [0.5, 0.6) is 11.5 Å². The van der Waals surface area contributed by atoms with Crippen molar-refractivity contribution in [3.8, 4) is 11.5 Å². The number of carbonyl (C=O) groups excluding carboxylic acids is 1. The van der Waals surface area contributed by atoms with E-state index in [1.54, 1.807) is 11.0 Å². The van der Waals surface area contributed by atoms with Crippen LogP contribution in [0.2, 0.25) is 0 Å². The van der Waals surface area contributed by atoms with Gasteiger partial charge in [0.2, 0.25) is 15.9 Å². The van der Waals surface area contributed by atoms with Gasteiger partial charge in [0.1, 0.15) is 19.3 Å². The highest BCUT2D eigenvalue weighted by Crippen LogP contribution is 2.32. The minimum absolute atomic E-state index is 0.0738. The number of nitrogens with zero attached hydrogens (tertiary/aromatic N) is 1. The van der Waals surface area contributed by atoms with Gasteiger partial charge in [-0.05, 0) is 37.3 Å². The Balaban J connectivity index is 1.81. The van der Waals surface area contributed by atoms with E-state index in [9.17, 15) is 13.2 Å². The van der Waals surface area contributed by atoms with Gasteiger partial charge >= 0.3 is 0 Å². The Morgan fingerprint density at radius 3 is 2.46 bits per heavy atom. The number of carbonyl (C=O) groups is 1. The standard InChI is InChI=1S/C18H26N2O5S/c1-13(2)11-15(18(21)20-7-3-4-8-20)19-26(22,23)14-5-6-16-17(12-14)25-10-9-24-16/h5-6,12-13,15,19H,3-4,7-11H2,1-2H3/t15-/m0/s1. The maximum atomic E-state index is 12.9. The predicted octanol–water partition coefficient (Wildman–Crippen LogP) is 1.77. The number of benzene rings is 1. The fraction of sp³-hybridized carbons (Fsp3) is 0.611. The Morgan fingerprint density at radius 1 is 1.15 bits per heavy atom. The zero-order valence-electron chi connectivity index (χ0n) is 15.2. The molecule has 1 amide bonds. The maximum Gasteiger partial charge on any atom is 0.241 e. The molecular weight excluding hydrogens is 356 g/mol. The molecule has 1 atom stereocenters. The van der Waals surface area contributed by atoms with E-state index in [0.29, 0.717) is 44.2 Å². The molecule has 0 bridgehead atoms. The summed E-state index contributed by atoms with van der Waals surface area (Å²) < 4.78 is 39.2. The minimum atomic E-state index is -3.85. The zero-order valence-corrected chi connectivity index (χ0v) is 16.0. The Kier molecular flexibility index (Phi) is 5.72. The summed E-state index contributed by atoms with van der Waals surface area (Å²) in [6.45, 7) is 6.16. The van der Waals surface area contributed by atoms with Crippen molar-refractivity contribution >= 4 is 15.9 Å². The molecule has 0 spiro atoms. The van der Waals surface area contributed by atoms with Crippen LogP contribution >= 0.6 is 0 Å². The van der Waals surface area contributed by atoms with Crippen LogP contribution in [0.4, 0.5) is 0 Å². The topological polar surface area (TPSA) is 84.9 Å². The summed E-state index contributed by atoms with van der Waals surface area (Å²) in [5.41, 5.74) is 0. The molecule has 2 aliphatic rings. The summed E-state index contributed by atoms with van der Waals surface area (Å²) in [6, 6.07) is 3.75. The zero-order chi connectivity index (χ0) is 18.7. The number of fused-ring (bicyclic) bond motifs is 1. The van der Waals surface area contributed by atoms with Crippen molar-refractivity contribution < 1.29 is 22.7 Å². The first-order chi connectivity index (χ1) is 12.4. The Labute approximate surface area is 154 Å². The van der Waals surface area contributed by atoms with E-state index in [1.165, 1.54) is 12.1 Å². The van der Waals surface area contributed by atoms with Crippen LogP contribution in [0, 0.1) is 5.92 Å². The van der Waals surface area contributed by atoms with E-state index in [1.807, 2.05) is 13.8 Å². The summed E-state index contributed by atoms with van der Waals surface area (Å²) in [5.74, 6) is 0.985. The van der Waals surface area contributed by atoms with E-state index < -0.39 is 16.1 Å². The van der Waals surface area contributed by atoms with E-state index in [0.717, 1.165) is 12.8 Å². The van der Waals surface area contributed by atoms with Crippen LogP contribution < -0.4 is 14.2 Å². The highest BCUT2D eigenvalue weighted by molar-refractivity contribution is 7.89. The largest absolute Gasteiger partial charge is 0.486 e. The molecule has 1 aromatic carbocycles. The molecule has 0 radical (unpaired) electrons. The van der Waals surface area contributed by atoms with Gasteiger partial charge in [-0.15, -0.1) is 0 Å². The third kappa shape index (κ3) is 4.29. The fourth-order valence-electron chi connectivity index (χ4n) is 3.27. The summed E-state index contributed by atoms with van der Waals surface area (Å²) in [4.78, 5) is 14.6. The molecule has 1 saturated heterocycles. The number of hydrogen-bond acceptors (Lipinski definition) is 5. The highest BCUT2D eigenvalue weighted by atomic mass is 32.2. The van der Waals surface area contributed by atoms with E-state index in [-0.39, 0.29) is 16.7 Å². The summed E-state index contributed by atoms with van der Waals surface area (Å²) in [6.07, 6.45) is 2.39. The third-order valence-electron chi connectivity index (χ3n) is 4.54. The molecule has 0 aromatic heterocycles. The van der Waals surface area contributed by atoms with Gasteiger partial charge in [0.25, 0.3) is 0 Å². The monoisotopic (exact) mass is 382 g/mol. The van der Waals surface area contributed by atoms with Gasteiger partial charge in [-0.25, -0.2) is 8.42 Å². The summed E-state index contributed by atoms with van der Waals surface area (Å²) in [5, 5.41) is 0. The van der Waals surface area contributed by atoms with Crippen molar-refractivity contribution in [3.63, 3.8) is 0 Å². The van der Waals surface area contributed by atoms with Crippen molar-refractivity contribution in [3.05, 3.63) is 18.2 Å². The van der Waals surface area contributed by atoms with Gasteiger partial charge in [0, 0.05) is 19.2 Å². The second-order valence-corrected chi connectivity index (χ2v) is 8.86. The molecule has 2 heterocycles. The first-order valence-electron chi connectivity index (χ1n) is 9.07. The molecule has 8 heteroatoms. The van der Waals surface area contributed by atoms with Crippen LogP contribution in [-0.2, 0) is 14.8 Å². The van der Waals surface area contributed by atoms with Gasteiger partial charge in [0.05, 0.1) is 4.90 Å². The first kappa shape index (κ1) is 19.0. The molecule has 0 aliphatic carbocycles. The van der Waals surface area contributed by atoms with Gasteiger partial charge in [0.15, 0.2) is 11.5 Å². The van der Waals surface area contributed by atoms with Crippen LogP contribution in [0.15, 0.2) is 23.1 Å². The third-order valence-corrected chi connectivity index (χ3v) is 6.01. The summed E-state index contributed by atoms with van der Waals surface area (Å²) in [7, 11) is -3.85. The Hall–Kier alpha value is -1.80. The minimum Gasteiger partial charge on any atom is -0.486 e. The van der Waals surface area contributed by atoms with Gasteiger partial charge in [-0.1, -0.05) is 13.8 Å². The van der Waals surface area contributed by atoms with Gasteiger partial charge < -0.3 is 14.4 Å². The van der Waals surface area contributed by atoms with Crippen molar-refractivity contribution in [1.82, 2.24) is 9.62 Å². The van der Waals surface area contributed by atoms with Crippen molar-refractivity contribution in [2.24, 2.45) is 5.92 Å². The lowest BCUT2D eigenvalue weighted by Crippen LogP contribution is -2.48. The normalized spacial score (nSPS) is 18.2. The molecule has 2 aliphatic heterocycles. The average Bonchev–Trinajstić information content (AvgIpc) is 3.14. The molecule has 3 rings (SSSR count). The predicted molar refractivity (Wildman–Crippen MR) is 96.8 cm³/mol. The van der Waals surface area contributed by atoms with E-state index in [2.05, 4.69) is 4.72 Å². The van der Waals surface area contributed by atoms with Crippen LogP contribution in [0.3, 0.4) is 0 Å². The molecule has 7 nitrogen and oxygen atoms in total. The molecule has 26 heavy (non-hydrogen) atoms. The van der Waals surface area contributed by atoms with Gasteiger partial charge in [-0.2, -0.15) is 4.72 Å². The molecule has 144 valence electrons. The molecule has 0 saturated carbocycles. The van der Waals surface area contributed by atoms with E-state index >= 15 is 0 Å². The van der Waals surface area contributed by atoms with Crippen molar-refractivity contribution in [2.75, 3.05) is 26.3 Å². The number of hydrogen-bond donors (Lipinski definition) is 1. The SMILES string of the molecule is CC(C)C[C@H](NS(=O)(=O)c1ccc2c(c1)OCCO2)C(=O)N1CCCC1. The maximum absolute atomic E-state index is 12.9. The Bertz CT molecular complexity index is 757. The Morgan fingerprint density at radius 2 is 1.81 bits per heavy atom.